The highest BCUT2D eigenvalue weighted by molar-refractivity contribution is 5.83. The molecule has 1 aliphatic carbocycles. The number of fused-ring (bicyclic) bond motifs is 3. The average molecular weight is 410 g/mol. The van der Waals surface area contributed by atoms with Crippen LogP contribution in [0.4, 0.5) is 4.79 Å². The van der Waals surface area contributed by atoms with Crippen molar-refractivity contribution in [3.63, 3.8) is 0 Å². The minimum atomic E-state index is -1.05. The van der Waals surface area contributed by atoms with E-state index in [1.165, 1.54) is 30.0 Å². The minimum absolute atomic E-state index is 0.00381. The van der Waals surface area contributed by atoms with Gasteiger partial charge in [0.05, 0.1) is 0 Å². The summed E-state index contributed by atoms with van der Waals surface area (Å²) in [6.07, 6.45) is 0.0221. The van der Waals surface area contributed by atoms with Crippen molar-refractivity contribution >= 4 is 18.0 Å². The number of carboxylic acid groups (broad SMARTS) is 1. The average Bonchev–Trinajstić information content (AvgIpc) is 3.07. The maximum Gasteiger partial charge on any atom is 0.407 e. The maximum absolute atomic E-state index is 12.1. The Bertz CT molecular complexity index is 897. The number of nitrogens with zero attached hydrogens (tertiary/aromatic N) is 1. The molecule has 2 aromatic rings. The van der Waals surface area contributed by atoms with Gasteiger partial charge in [-0.05, 0) is 35.6 Å². The monoisotopic (exact) mass is 410 g/mol. The lowest BCUT2D eigenvalue weighted by Crippen LogP contribution is -2.40. The van der Waals surface area contributed by atoms with E-state index in [-0.39, 0.29) is 31.4 Å². The molecule has 0 saturated carbocycles. The molecule has 0 aromatic heterocycles. The minimum Gasteiger partial charge on any atom is -0.480 e. The number of amides is 2. The van der Waals surface area contributed by atoms with Crippen molar-refractivity contribution < 1.29 is 24.2 Å². The predicted octanol–water partition coefficient (Wildman–Crippen LogP) is 3.24. The van der Waals surface area contributed by atoms with E-state index in [4.69, 9.17) is 9.84 Å². The van der Waals surface area contributed by atoms with Crippen LogP contribution >= 0.6 is 0 Å². The Morgan fingerprint density at radius 2 is 1.63 bits per heavy atom. The molecule has 158 valence electrons. The Morgan fingerprint density at radius 3 is 2.20 bits per heavy atom. The van der Waals surface area contributed by atoms with E-state index < -0.39 is 18.1 Å². The number of benzene rings is 2. The number of hydrogen-bond donors (Lipinski definition) is 2. The molecule has 2 N–H and O–H groups in total. The third-order valence-corrected chi connectivity index (χ3v) is 5.51. The lowest BCUT2D eigenvalue weighted by Gasteiger charge is -2.21. The van der Waals surface area contributed by atoms with Crippen LogP contribution in [0.2, 0.25) is 0 Å². The van der Waals surface area contributed by atoms with Crippen molar-refractivity contribution in [3.8, 4) is 11.1 Å². The van der Waals surface area contributed by atoms with Gasteiger partial charge in [0, 0.05) is 25.9 Å². The zero-order valence-electron chi connectivity index (χ0n) is 17.1. The molecule has 1 atom stereocenters. The fourth-order valence-corrected chi connectivity index (χ4v) is 3.64. The Balaban J connectivity index is 1.46. The zero-order valence-corrected chi connectivity index (χ0v) is 17.1. The molecule has 7 heteroatoms. The first-order valence-corrected chi connectivity index (χ1v) is 9.97. The summed E-state index contributed by atoms with van der Waals surface area (Å²) in [5.41, 5.74) is 4.63. The van der Waals surface area contributed by atoms with Gasteiger partial charge in [-0.1, -0.05) is 48.5 Å². The Kier molecular flexibility index (Phi) is 6.72. The van der Waals surface area contributed by atoms with E-state index in [1.54, 1.807) is 0 Å². The number of nitrogens with one attached hydrogen (secondary N) is 1. The lowest BCUT2D eigenvalue weighted by molar-refractivity contribution is -0.148. The summed E-state index contributed by atoms with van der Waals surface area (Å²) in [5.74, 6) is -1.34. The number of carbonyl (C=O) groups is 3. The molecule has 0 saturated heterocycles. The van der Waals surface area contributed by atoms with Gasteiger partial charge in [0.25, 0.3) is 0 Å². The molecule has 30 heavy (non-hydrogen) atoms. The predicted molar refractivity (Wildman–Crippen MR) is 112 cm³/mol. The topological polar surface area (TPSA) is 95.9 Å². The van der Waals surface area contributed by atoms with Crippen molar-refractivity contribution in [2.75, 3.05) is 20.2 Å². The number of rotatable bonds is 8. The van der Waals surface area contributed by atoms with E-state index in [1.807, 2.05) is 24.3 Å². The maximum atomic E-state index is 12.1. The van der Waals surface area contributed by atoms with Crippen molar-refractivity contribution in [2.24, 2.45) is 0 Å². The third-order valence-electron chi connectivity index (χ3n) is 5.51. The molecular weight excluding hydrogens is 384 g/mol. The van der Waals surface area contributed by atoms with Crippen LogP contribution in [-0.2, 0) is 14.3 Å². The van der Waals surface area contributed by atoms with E-state index in [2.05, 4.69) is 29.6 Å². The summed E-state index contributed by atoms with van der Waals surface area (Å²) < 4.78 is 5.44. The second kappa shape index (κ2) is 9.43. The number of hydrogen-bond acceptors (Lipinski definition) is 4. The Labute approximate surface area is 175 Å². The summed E-state index contributed by atoms with van der Waals surface area (Å²) in [4.78, 5) is 36.2. The first-order valence-electron chi connectivity index (χ1n) is 9.97. The number of ether oxygens (including phenoxy) is 1. The van der Waals surface area contributed by atoms with E-state index >= 15 is 0 Å². The van der Waals surface area contributed by atoms with Crippen LogP contribution in [-0.4, -0.2) is 54.2 Å². The number of likely N-dealkylation sites (N-methyl/N-ethyl adjacent to an activating group) is 1. The molecule has 0 heterocycles. The third kappa shape index (κ3) is 4.62. The molecular formula is C23H26N2O5. The van der Waals surface area contributed by atoms with Gasteiger partial charge in [-0.25, -0.2) is 9.59 Å². The molecule has 2 amide bonds. The molecule has 0 bridgehead atoms. The first kappa shape index (κ1) is 21.4. The van der Waals surface area contributed by atoms with Gasteiger partial charge in [-0.2, -0.15) is 0 Å². The number of carbonyl (C=O) groups excluding carboxylic acids is 2. The molecule has 7 nitrogen and oxygen atoms in total. The summed E-state index contributed by atoms with van der Waals surface area (Å²) >= 11 is 0. The zero-order chi connectivity index (χ0) is 21.7. The Morgan fingerprint density at radius 1 is 1.07 bits per heavy atom. The summed E-state index contributed by atoms with van der Waals surface area (Å²) in [6.45, 7) is 1.96. The second-order valence-electron chi connectivity index (χ2n) is 7.37. The van der Waals surface area contributed by atoms with Gasteiger partial charge in [0.2, 0.25) is 5.91 Å². The molecule has 0 radical (unpaired) electrons. The Hall–Kier alpha value is -3.35. The molecule has 0 fully saturated rings. The van der Waals surface area contributed by atoms with Crippen LogP contribution in [0.3, 0.4) is 0 Å². The summed E-state index contributed by atoms with van der Waals surface area (Å²) in [7, 11) is 1.46. The summed E-state index contributed by atoms with van der Waals surface area (Å²) in [5, 5.41) is 11.6. The van der Waals surface area contributed by atoms with Gasteiger partial charge in [0.1, 0.15) is 12.6 Å². The molecule has 3 rings (SSSR count). The quantitative estimate of drug-likeness (QED) is 0.652. The van der Waals surface area contributed by atoms with Gasteiger partial charge in [-0.15, -0.1) is 0 Å². The number of aliphatic carboxylic acids is 1. The lowest BCUT2D eigenvalue weighted by atomic mass is 9.98. The highest BCUT2D eigenvalue weighted by atomic mass is 16.5. The van der Waals surface area contributed by atoms with Gasteiger partial charge < -0.3 is 20.1 Å². The molecule has 1 unspecified atom stereocenters. The van der Waals surface area contributed by atoms with Crippen molar-refractivity contribution in [1.29, 1.82) is 0 Å². The van der Waals surface area contributed by atoms with Crippen molar-refractivity contribution in [1.82, 2.24) is 10.2 Å². The number of carboxylic acids is 1. The van der Waals surface area contributed by atoms with E-state index in [0.717, 1.165) is 11.1 Å². The van der Waals surface area contributed by atoms with E-state index in [0.29, 0.717) is 6.42 Å². The molecule has 2 aromatic carbocycles. The van der Waals surface area contributed by atoms with Crippen LogP contribution in [0.5, 0.6) is 0 Å². The van der Waals surface area contributed by atoms with Crippen LogP contribution in [0.1, 0.15) is 36.8 Å². The normalized spacial score (nSPS) is 13.1. The molecule has 0 spiro atoms. The largest absolute Gasteiger partial charge is 0.480 e. The van der Waals surface area contributed by atoms with Gasteiger partial charge >= 0.3 is 12.1 Å². The second-order valence-corrected chi connectivity index (χ2v) is 7.37. The van der Waals surface area contributed by atoms with Gasteiger partial charge in [-0.3, -0.25) is 4.79 Å². The smallest absolute Gasteiger partial charge is 0.407 e. The highest BCUT2D eigenvalue weighted by Gasteiger charge is 2.29. The van der Waals surface area contributed by atoms with Crippen LogP contribution in [0.15, 0.2) is 48.5 Å². The van der Waals surface area contributed by atoms with Crippen LogP contribution < -0.4 is 5.32 Å². The first-order chi connectivity index (χ1) is 14.4. The van der Waals surface area contributed by atoms with Crippen molar-refractivity contribution in [2.45, 2.75) is 31.7 Å². The van der Waals surface area contributed by atoms with Gasteiger partial charge in [0.15, 0.2) is 0 Å². The van der Waals surface area contributed by atoms with Crippen LogP contribution in [0, 0.1) is 0 Å². The number of alkyl carbamates (subject to hydrolysis) is 1. The SMILES string of the molecule is CC(C(=O)O)N(C)C(=O)CCCNC(=O)OCC1c2ccccc2-c2ccccc21. The van der Waals surface area contributed by atoms with Crippen molar-refractivity contribution in [3.05, 3.63) is 59.7 Å². The highest BCUT2D eigenvalue weighted by Crippen LogP contribution is 2.44. The summed E-state index contributed by atoms with van der Waals surface area (Å²) in [6, 6.07) is 15.4. The van der Waals surface area contributed by atoms with E-state index in [9.17, 15) is 14.4 Å². The standard InChI is InChI=1S/C23H26N2O5/c1-15(22(27)28)25(2)21(26)12-7-13-24-23(29)30-14-20-18-10-5-3-8-16(18)17-9-4-6-11-19(17)20/h3-6,8-11,15,20H,7,12-14H2,1-2H3,(H,24,29)(H,27,28). The van der Waals surface area contributed by atoms with Crippen LogP contribution in [0.25, 0.3) is 11.1 Å². The fraction of sp³-hybridized carbons (Fsp3) is 0.348. The molecule has 1 aliphatic rings. The fourth-order valence-electron chi connectivity index (χ4n) is 3.64. The molecule has 0 aliphatic heterocycles.